The Labute approximate surface area is 161 Å². The molecule has 6 nitrogen and oxygen atoms in total. The largest absolute Gasteiger partial charge is 0.497 e. The highest BCUT2D eigenvalue weighted by atomic mass is 16.5. The Hall–Kier alpha value is -3.93. The summed E-state index contributed by atoms with van der Waals surface area (Å²) in [6.45, 7) is 0. The molecule has 0 atom stereocenters. The van der Waals surface area contributed by atoms with E-state index in [2.05, 4.69) is 5.32 Å². The van der Waals surface area contributed by atoms with Crippen molar-refractivity contribution in [3.63, 3.8) is 0 Å². The number of ether oxygens (including phenoxy) is 1. The van der Waals surface area contributed by atoms with Crippen LogP contribution in [-0.4, -0.2) is 24.8 Å². The van der Waals surface area contributed by atoms with E-state index in [1.807, 2.05) is 0 Å². The number of imide groups is 1. The molecule has 0 spiro atoms. The van der Waals surface area contributed by atoms with Gasteiger partial charge >= 0.3 is 0 Å². The number of carbonyl (C=O) groups excluding carboxylic acids is 3. The lowest BCUT2D eigenvalue weighted by atomic mass is 10.1. The second-order valence-corrected chi connectivity index (χ2v) is 6.22. The molecule has 0 aliphatic carbocycles. The quantitative estimate of drug-likeness (QED) is 0.708. The first kappa shape index (κ1) is 17.5. The monoisotopic (exact) mass is 372 g/mol. The molecule has 0 radical (unpaired) electrons. The third-order valence-corrected chi connectivity index (χ3v) is 4.51. The third kappa shape index (κ3) is 3.01. The average molecular weight is 372 g/mol. The van der Waals surface area contributed by atoms with Crippen LogP contribution >= 0.6 is 0 Å². The maximum atomic E-state index is 12.5. The van der Waals surface area contributed by atoms with Gasteiger partial charge in [-0.2, -0.15) is 0 Å². The van der Waals surface area contributed by atoms with Crippen molar-refractivity contribution >= 4 is 29.1 Å². The maximum absolute atomic E-state index is 12.5. The van der Waals surface area contributed by atoms with Gasteiger partial charge in [-0.1, -0.05) is 18.2 Å². The maximum Gasteiger partial charge on any atom is 0.266 e. The molecule has 0 fully saturated rings. The molecule has 28 heavy (non-hydrogen) atoms. The van der Waals surface area contributed by atoms with E-state index < -0.39 is 0 Å². The van der Waals surface area contributed by atoms with Crippen LogP contribution in [0, 0.1) is 0 Å². The topological polar surface area (TPSA) is 75.7 Å². The average Bonchev–Trinajstić information content (AvgIpc) is 2.99. The predicted molar refractivity (Wildman–Crippen MR) is 105 cm³/mol. The van der Waals surface area contributed by atoms with Crippen molar-refractivity contribution in [2.75, 3.05) is 17.3 Å². The number of anilines is 2. The minimum atomic E-state index is -0.353. The van der Waals surface area contributed by atoms with Gasteiger partial charge in [0.1, 0.15) is 5.75 Å². The number of methoxy groups -OCH3 is 1. The molecule has 4 rings (SSSR count). The van der Waals surface area contributed by atoms with Crippen LogP contribution in [0.15, 0.2) is 72.8 Å². The molecule has 1 heterocycles. The number of nitrogens with zero attached hydrogens (tertiary/aromatic N) is 1. The van der Waals surface area contributed by atoms with Crippen LogP contribution in [0.2, 0.25) is 0 Å². The molecule has 0 saturated carbocycles. The van der Waals surface area contributed by atoms with Gasteiger partial charge in [0, 0.05) is 11.3 Å². The van der Waals surface area contributed by atoms with E-state index in [0.717, 1.165) is 4.90 Å². The summed E-state index contributed by atoms with van der Waals surface area (Å²) in [5, 5.41) is 2.78. The third-order valence-electron chi connectivity index (χ3n) is 4.51. The van der Waals surface area contributed by atoms with Crippen molar-refractivity contribution in [1.29, 1.82) is 0 Å². The van der Waals surface area contributed by atoms with E-state index in [9.17, 15) is 14.4 Å². The van der Waals surface area contributed by atoms with E-state index in [1.54, 1.807) is 72.8 Å². The van der Waals surface area contributed by atoms with Crippen LogP contribution in [0.4, 0.5) is 11.4 Å². The number of hydrogen-bond donors (Lipinski definition) is 1. The number of fused-ring (bicyclic) bond motifs is 1. The summed E-state index contributed by atoms with van der Waals surface area (Å²) in [6.07, 6.45) is 0. The summed E-state index contributed by atoms with van der Waals surface area (Å²) < 4.78 is 5.13. The van der Waals surface area contributed by atoms with Gasteiger partial charge in [-0.15, -0.1) is 0 Å². The minimum absolute atomic E-state index is 0.285. The molecule has 1 N–H and O–H groups in total. The minimum Gasteiger partial charge on any atom is -0.497 e. The lowest BCUT2D eigenvalue weighted by Gasteiger charge is -2.14. The molecule has 138 valence electrons. The SMILES string of the molecule is COc1cccc(C(=O)Nc2ccc(N3C(=O)c4ccccc4C3=O)cc2)c1. The summed E-state index contributed by atoms with van der Waals surface area (Å²) in [5.41, 5.74) is 2.24. The fourth-order valence-electron chi connectivity index (χ4n) is 3.09. The predicted octanol–water partition coefficient (Wildman–Crippen LogP) is 3.75. The van der Waals surface area contributed by atoms with Gasteiger partial charge in [0.15, 0.2) is 0 Å². The van der Waals surface area contributed by atoms with Crippen molar-refractivity contribution in [3.05, 3.63) is 89.5 Å². The lowest BCUT2D eigenvalue weighted by molar-refractivity contribution is 0.0924. The van der Waals surface area contributed by atoms with Crippen LogP contribution in [0.25, 0.3) is 0 Å². The van der Waals surface area contributed by atoms with E-state index in [1.165, 1.54) is 7.11 Å². The summed E-state index contributed by atoms with van der Waals surface area (Å²) in [6, 6.07) is 20.1. The smallest absolute Gasteiger partial charge is 0.266 e. The fraction of sp³-hybridized carbons (Fsp3) is 0.0455. The van der Waals surface area contributed by atoms with Crippen LogP contribution in [0.3, 0.4) is 0 Å². The number of nitrogens with one attached hydrogen (secondary N) is 1. The first-order valence-electron chi connectivity index (χ1n) is 8.62. The second-order valence-electron chi connectivity index (χ2n) is 6.22. The number of amides is 3. The van der Waals surface area contributed by atoms with E-state index in [0.29, 0.717) is 33.8 Å². The van der Waals surface area contributed by atoms with Crippen molar-refractivity contribution in [2.45, 2.75) is 0 Å². The van der Waals surface area contributed by atoms with Crippen molar-refractivity contribution in [1.82, 2.24) is 0 Å². The molecular weight excluding hydrogens is 356 g/mol. The highest BCUT2D eigenvalue weighted by molar-refractivity contribution is 6.34. The highest BCUT2D eigenvalue weighted by Crippen LogP contribution is 2.29. The van der Waals surface area contributed by atoms with Crippen molar-refractivity contribution in [3.8, 4) is 5.75 Å². The van der Waals surface area contributed by atoms with Gasteiger partial charge in [-0.05, 0) is 54.6 Å². The van der Waals surface area contributed by atoms with Crippen LogP contribution in [0.1, 0.15) is 31.1 Å². The molecule has 3 aromatic carbocycles. The standard InChI is InChI=1S/C22H16N2O4/c1-28-17-6-4-5-14(13-17)20(25)23-15-9-11-16(12-10-15)24-21(26)18-7-2-3-8-19(18)22(24)27/h2-13H,1H3,(H,23,25). The first-order chi connectivity index (χ1) is 13.6. The fourth-order valence-corrected chi connectivity index (χ4v) is 3.09. The molecule has 3 amide bonds. The lowest BCUT2D eigenvalue weighted by Crippen LogP contribution is -2.29. The van der Waals surface area contributed by atoms with Crippen LogP contribution in [0.5, 0.6) is 5.75 Å². The van der Waals surface area contributed by atoms with E-state index in [-0.39, 0.29) is 17.7 Å². The Morgan fingerprint density at radius 2 is 1.50 bits per heavy atom. The van der Waals surface area contributed by atoms with Gasteiger partial charge in [0.05, 0.1) is 23.9 Å². The number of rotatable bonds is 4. The van der Waals surface area contributed by atoms with Crippen LogP contribution in [-0.2, 0) is 0 Å². The van der Waals surface area contributed by atoms with Gasteiger partial charge in [-0.3, -0.25) is 14.4 Å². The Balaban J connectivity index is 1.53. The van der Waals surface area contributed by atoms with Gasteiger partial charge in [0.25, 0.3) is 17.7 Å². The zero-order valence-electron chi connectivity index (χ0n) is 15.0. The van der Waals surface area contributed by atoms with Gasteiger partial charge in [-0.25, -0.2) is 4.90 Å². The normalized spacial score (nSPS) is 12.7. The Kier molecular flexibility index (Phi) is 4.37. The molecular formula is C22H16N2O4. The Morgan fingerprint density at radius 3 is 2.11 bits per heavy atom. The Morgan fingerprint density at radius 1 is 0.857 bits per heavy atom. The zero-order valence-corrected chi connectivity index (χ0v) is 15.0. The summed E-state index contributed by atoms with van der Waals surface area (Å²) in [4.78, 5) is 38.6. The number of benzene rings is 3. The van der Waals surface area contributed by atoms with Gasteiger partial charge in [0.2, 0.25) is 0 Å². The zero-order chi connectivity index (χ0) is 19.7. The molecule has 1 aliphatic rings. The van der Waals surface area contributed by atoms with Gasteiger partial charge < -0.3 is 10.1 Å². The van der Waals surface area contributed by atoms with Crippen molar-refractivity contribution < 1.29 is 19.1 Å². The molecule has 6 heteroatoms. The molecule has 0 saturated heterocycles. The summed E-state index contributed by atoms with van der Waals surface area (Å²) >= 11 is 0. The first-order valence-corrected chi connectivity index (χ1v) is 8.62. The second kappa shape index (κ2) is 7.00. The molecule has 0 unspecified atom stereocenters. The van der Waals surface area contributed by atoms with Crippen molar-refractivity contribution in [2.24, 2.45) is 0 Å². The highest BCUT2D eigenvalue weighted by Gasteiger charge is 2.36. The summed E-state index contributed by atoms with van der Waals surface area (Å²) in [5.74, 6) is -0.400. The molecule has 1 aliphatic heterocycles. The summed E-state index contributed by atoms with van der Waals surface area (Å²) in [7, 11) is 1.54. The number of carbonyl (C=O) groups is 3. The van der Waals surface area contributed by atoms with E-state index >= 15 is 0 Å². The molecule has 3 aromatic rings. The molecule has 0 bridgehead atoms. The number of hydrogen-bond acceptors (Lipinski definition) is 4. The molecule has 0 aromatic heterocycles. The van der Waals surface area contributed by atoms with Crippen LogP contribution < -0.4 is 15.0 Å². The Bertz CT molecular complexity index is 1050. The van der Waals surface area contributed by atoms with E-state index in [4.69, 9.17) is 4.74 Å².